The molecule has 1 aromatic carbocycles. The zero-order valence-corrected chi connectivity index (χ0v) is 19.4. The van der Waals surface area contributed by atoms with E-state index in [0.29, 0.717) is 6.42 Å². The van der Waals surface area contributed by atoms with Crippen LogP contribution in [-0.2, 0) is 17.6 Å². The van der Waals surface area contributed by atoms with Crippen LogP contribution >= 0.6 is 0 Å². The van der Waals surface area contributed by atoms with Gasteiger partial charge in [0.15, 0.2) is 5.65 Å². The molecule has 0 radical (unpaired) electrons. The fourth-order valence-electron chi connectivity index (χ4n) is 4.85. The summed E-state index contributed by atoms with van der Waals surface area (Å²) in [6.07, 6.45) is 4.72. The molecule has 7 nitrogen and oxygen atoms in total. The van der Waals surface area contributed by atoms with Gasteiger partial charge in [0.2, 0.25) is 5.91 Å². The number of imidazole rings is 1. The van der Waals surface area contributed by atoms with Crippen molar-refractivity contribution in [2.75, 3.05) is 13.1 Å². The lowest BCUT2D eigenvalue weighted by molar-refractivity contribution is -0.131. The van der Waals surface area contributed by atoms with Crippen LogP contribution in [0.5, 0.6) is 0 Å². The van der Waals surface area contributed by atoms with E-state index in [4.69, 9.17) is 9.51 Å². The van der Waals surface area contributed by atoms with Crippen LogP contribution in [0.4, 0.5) is 0 Å². The third kappa shape index (κ3) is 4.15. The molecule has 0 spiro atoms. The van der Waals surface area contributed by atoms with Crippen molar-refractivity contribution in [3.8, 4) is 0 Å². The van der Waals surface area contributed by atoms with Crippen molar-refractivity contribution in [3.63, 3.8) is 0 Å². The number of rotatable bonds is 5. The number of nitrogens with zero attached hydrogens (tertiary/aromatic N) is 5. The molecular formula is C26H29N5O2. The van der Waals surface area contributed by atoms with Crippen molar-refractivity contribution >= 4 is 17.1 Å². The van der Waals surface area contributed by atoms with Gasteiger partial charge in [0, 0.05) is 37.3 Å². The van der Waals surface area contributed by atoms with E-state index >= 15 is 0 Å². The molecule has 1 fully saturated rings. The van der Waals surface area contributed by atoms with Gasteiger partial charge < -0.3 is 14.0 Å². The lowest BCUT2D eigenvalue weighted by atomic mass is 10.0. The molecule has 0 N–H and O–H groups in total. The summed E-state index contributed by atoms with van der Waals surface area (Å²) in [6.45, 7) is 7.34. The summed E-state index contributed by atoms with van der Waals surface area (Å²) >= 11 is 0. The Morgan fingerprint density at radius 3 is 2.61 bits per heavy atom. The molecule has 7 heteroatoms. The average Bonchev–Trinajstić information content (AvgIpc) is 3.35. The van der Waals surface area contributed by atoms with Crippen LogP contribution in [0, 0.1) is 20.8 Å². The molecule has 0 aliphatic carbocycles. The van der Waals surface area contributed by atoms with Gasteiger partial charge in [-0.1, -0.05) is 29.4 Å². The summed E-state index contributed by atoms with van der Waals surface area (Å²) in [5, 5.41) is 3.98. The second-order valence-electron chi connectivity index (χ2n) is 8.94. The summed E-state index contributed by atoms with van der Waals surface area (Å²) in [5.74, 6) is 1.91. The number of aryl methyl sites for hydroxylation is 3. The summed E-state index contributed by atoms with van der Waals surface area (Å²) < 4.78 is 7.54. The Morgan fingerprint density at radius 1 is 1.09 bits per heavy atom. The van der Waals surface area contributed by atoms with Crippen LogP contribution in [0.25, 0.3) is 11.2 Å². The van der Waals surface area contributed by atoms with Crippen molar-refractivity contribution in [1.29, 1.82) is 0 Å². The highest BCUT2D eigenvalue weighted by Gasteiger charge is 2.28. The Bertz CT molecular complexity index is 1280. The summed E-state index contributed by atoms with van der Waals surface area (Å²) in [7, 11) is 0. The summed E-state index contributed by atoms with van der Waals surface area (Å²) in [4.78, 5) is 24.5. The Morgan fingerprint density at radius 2 is 1.88 bits per heavy atom. The summed E-state index contributed by atoms with van der Waals surface area (Å²) in [5.41, 5.74) is 6.12. The molecule has 4 aromatic rings. The van der Waals surface area contributed by atoms with Gasteiger partial charge in [0.25, 0.3) is 0 Å². The highest BCUT2D eigenvalue weighted by molar-refractivity contribution is 5.79. The number of benzene rings is 1. The van der Waals surface area contributed by atoms with Crippen LogP contribution in [0.2, 0.25) is 0 Å². The van der Waals surface area contributed by atoms with Gasteiger partial charge in [-0.25, -0.2) is 9.97 Å². The summed E-state index contributed by atoms with van der Waals surface area (Å²) in [6, 6.07) is 12.7. The van der Waals surface area contributed by atoms with Gasteiger partial charge in [-0.3, -0.25) is 4.79 Å². The topological polar surface area (TPSA) is 77.1 Å². The van der Waals surface area contributed by atoms with E-state index in [0.717, 1.165) is 66.4 Å². The first-order valence-electron chi connectivity index (χ1n) is 11.6. The maximum absolute atomic E-state index is 12.9. The van der Waals surface area contributed by atoms with Crippen LogP contribution < -0.4 is 0 Å². The lowest BCUT2D eigenvalue weighted by Gasteiger charge is -2.33. The number of pyridine rings is 1. The highest BCUT2D eigenvalue weighted by Crippen LogP contribution is 2.30. The van der Waals surface area contributed by atoms with Gasteiger partial charge in [-0.2, -0.15) is 0 Å². The second kappa shape index (κ2) is 8.81. The van der Waals surface area contributed by atoms with Crippen molar-refractivity contribution in [2.24, 2.45) is 0 Å². The number of carbonyl (C=O) groups is 1. The average molecular weight is 444 g/mol. The standard InChI is InChI=1S/C26H29N5O2/c1-17-7-4-5-8-20(17)15-24-28-23-9-6-12-27-26(23)31(24)21-10-13-30(14-11-21)25(32)16-22-18(2)29-33-19(22)3/h4-9,12,21H,10-11,13-16H2,1-3H3. The molecule has 1 aliphatic rings. The zero-order chi connectivity index (χ0) is 22.9. The van der Waals surface area contributed by atoms with Crippen LogP contribution in [-0.4, -0.2) is 43.6 Å². The van der Waals surface area contributed by atoms with E-state index in [2.05, 4.69) is 45.9 Å². The Hall–Kier alpha value is -3.48. The van der Waals surface area contributed by atoms with E-state index in [-0.39, 0.29) is 11.9 Å². The van der Waals surface area contributed by atoms with Gasteiger partial charge in [0.05, 0.1) is 12.1 Å². The predicted molar refractivity (Wildman–Crippen MR) is 126 cm³/mol. The Kier molecular flexibility index (Phi) is 5.70. The van der Waals surface area contributed by atoms with E-state index in [1.807, 2.05) is 37.1 Å². The highest BCUT2D eigenvalue weighted by atomic mass is 16.5. The van der Waals surface area contributed by atoms with Crippen molar-refractivity contribution in [2.45, 2.75) is 52.5 Å². The molecular weight excluding hydrogens is 414 g/mol. The van der Waals surface area contributed by atoms with E-state index in [9.17, 15) is 4.79 Å². The molecule has 1 amide bonds. The van der Waals surface area contributed by atoms with E-state index in [1.54, 1.807) is 0 Å². The minimum atomic E-state index is 0.136. The minimum Gasteiger partial charge on any atom is -0.361 e. The molecule has 5 rings (SSSR count). The maximum Gasteiger partial charge on any atom is 0.227 e. The molecule has 0 bridgehead atoms. The number of fused-ring (bicyclic) bond motifs is 1. The zero-order valence-electron chi connectivity index (χ0n) is 19.4. The fraction of sp³-hybridized carbons (Fsp3) is 0.385. The first-order valence-corrected chi connectivity index (χ1v) is 11.6. The smallest absolute Gasteiger partial charge is 0.227 e. The third-order valence-electron chi connectivity index (χ3n) is 6.82. The third-order valence-corrected chi connectivity index (χ3v) is 6.82. The van der Waals surface area contributed by atoms with E-state index < -0.39 is 0 Å². The fourth-order valence-corrected chi connectivity index (χ4v) is 4.85. The number of likely N-dealkylation sites (tertiary alicyclic amines) is 1. The van der Waals surface area contributed by atoms with E-state index in [1.165, 1.54) is 11.1 Å². The molecule has 3 aromatic heterocycles. The first-order chi connectivity index (χ1) is 16.0. The SMILES string of the molecule is Cc1ccccc1Cc1nc2cccnc2n1C1CCN(C(=O)Cc2c(C)noc2C)CC1. The number of amides is 1. The van der Waals surface area contributed by atoms with Crippen LogP contribution in [0.15, 0.2) is 47.1 Å². The lowest BCUT2D eigenvalue weighted by Crippen LogP contribution is -2.40. The number of hydrogen-bond acceptors (Lipinski definition) is 5. The van der Waals surface area contributed by atoms with Crippen molar-refractivity contribution in [3.05, 3.63) is 76.6 Å². The normalized spacial score (nSPS) is 14.8. The van der Waals surface area contributed by atoms with Gasteiger partial charge in [-0.05, 0) is 56.9 Å². The largest absolute Gasteiger partial charge is 0.361 e. The molecule has 33 heavy (non-hydrogen) atoms. The second-order valence-corrected chi connectivity index (χ2v) is 8.94. The Balaban J connectivity index is 1.36. The van der Waals surface area contributed by atoms with Crippen LogP contribution in [0.3, 0.4) is 0 Å². The first kappa shape index (κ1) is 21.4. The molecule has 4 heterocycles. The van der Waals surface area contributed by atoms with Crippen molar-refractivity contribution < 1.29 is 9.32 Å². The minimum absolute atomic E-state index is 0.136. The number of hydrogen-bond donors (Lipinski definition) is 0. The number of aromatic nitrogens is 4. The number of carbonyl (C=O) groups excluding carboxylic acids is 1. The Labute approximate surface area is 193 Å². The molecule has 170 valence electrons. The predicted octanol–water partition coefficient (Wildman–Crippen LogP) is 4.34. The number of piperidine rings is 1. The quantitative estimate of drug-likeness (QED) is 0.459. The molecule has 1 aliphatic heterocycles. The molecule has 0 saturated carbocycles. The van der Waals surface area contributed by atoms with Crippen molar-refractivity contribution in [1.82, 2.24) is 24.6 Å². The monoisotopic (exact) mass is 443 g/mol. The van der Waals surface area contributed by atoms with Crippen LogP contribution in [0.1, 0.15) is 52.9 Å². The van der Waals surface area contributed by atoms with Gasteiger partial charge >= 0.3 is 0 Å². The van der Waals surface area contributed by atoms with Gasteiger partial charge in [0.1, 0.15) is 17.1 Å². The molecule has 0 atom stereocenters. The van der Waals surface area contributed by atoms with Gasteiger partial charge in [-0.15, -0.1) is 0 Å². The molecule has 0 unspecified atom stereocenters. The maximum atomic E-state index is 12.9. The molecule has 1 saturated heterocycles.